The molecule has 0 bridgehead atoms. The van der Waals surface area contributed by atoms with Gasteiger partial charge in [-0.1, -0.05) is 18.2 Å². The van der Waals surface area contributed by atoms with E-state index in [0.29, 0.717) is 11.1 Å². The predicted octanol–water partition coefficient (Wildman–Crippen LogP) is 3.82. The van der Waals surface area contributed by atoms with Gasteiger partial charge in [0.1, 0.15) is 5.60 Å². The number of hydrogen-bond acceptors (Lipinski definition) is 4. The molecule has 0 saturated heterocycles. The molecule has 0 amide bonds. The molecule has 1 unspecified atom stereocenters. The number of rotatable bonds is 3. The van der Waals surface area contributed by atoms with Crippen LogP contribution in [0.3, 0.4) is 0 Å². The molecule has 1 atom stereocenters. The summed E-state index contributed by atoms with van der Waals surface area (Å²) in [6.45, 7) is 14.3. The predicted molar refractivity (Wildman–Crippen MR) is 94.3 cm³/mol. The molecule has 0 aliphatic heterocycles. The quantitative estimate of drug-likeness (QED) is 0.628. The number of nitrogens with zero attached hydrogens (tertiary/aromatic N) is 2. The first-order valence-electron chi connectivity index (χ1n) is 7.90. The second-order valence-corrected chi connectivity index (χ2v) is 7.08. The molecule has 6 nitrogen and oxygen atoms in total. The van der Waals surface area contributed by atoms with Gasteiger partial charge in [0, 0.05) is 18.5 Å². The first kappa shape index (κ1) is 18.5. The number of fused-ring (bicyclic) bond motifs is 1. The minimum Gasteiger partial charge on any atom is -0.463 e. The van der Waals surface area contributed by atoms with E-state index in [4.69, 9.17) is 16.0 Å². The Kier molecular flexibility index (Phi) is 4.89. The fourth-order valence-electron chi connectivity index (χ4n) is 2.60. The van der Waals surface area contributed by atoms with Gasteiger partial charge in [-0.15, -0.1) is 0 Å². The number of esters is 1. The molecule has 1 aromatic heterocycles. The summed E-state index contributed by atoms with van der Waals surface area (Å²) in [4.78, 5) is 28.0. The van der Waals surface area contributed by atoms with Crippen molar-refractivity contribution in [2.45, 2.75) is 45.3 Å². The first-order chi connectivity index (χ1) is 11.6. The Labute approximate surface area is 147 Å². The lowest BCUT2D eigenvalue weighted by molar-refractivity contribution is -0.144. The molecule has 1 heterocycles. The molecule has 0 fully saturated rings. The normalized spacial score (nSPS) is 13.8. The fourth-order valence-corrected chi connectivity index (χ4v) is 2.60. The summed E-state index contributed by atoms with van der Waals surface area (Å²) >= 11 is 0. The van der Waals surface area contributed by atoms with E-state index in [-0.39, 0.29) is 6.42 Å². The molecule has 2 aromatic rings. The Balaban J connectivity index is 2.51. The maximum absolute atomic E-state index is 12.5. The molecule has 2 rings (SSSR count). The number of ether oxygens (including phenoxy) is 2. The Morgan fingerprint density at radius 1 is 1.20 bits per heavy atom. The van der Waals surface area contributed by atoms with Crippen LogP contribution in [0.25, 0.3) is 15.7 Å². The van der Waals surface area contributed by atoms with Crippen molar-refractivity contribution < 1.29 is 19.1 Å². The number of para-hydroxylation sites is 1. The maximum atomic E-state index is 12.5. The summed E-state index contributed by atoms with van der Waals surface area (Å²) in [7, 11) is 1.26. The van der Waals surface area contributed by atoms with Gasteiger partial charge in [0.05, 0.1) is 19.0 Å². The van der Waals surface area contributed by atoms with Gasteiger partial charge in [-0.3, -0.25) is 9.41 Å². The summed E-state index contributed by atoms with van der Waals surface area (Å²) < 4.78 is 11.6. The lowest BCUT2D eigenvalue weighted by Gasteiger charge is -2.19. The highest BCUT2D eigenvalue weighted by molar-refractivity contribution is 5.93. The molecule has 0 aliphatic carbocycles. The third kappa shape index (κ3) is 3.82. The van der Waals surface area contributed by atoms with Crippen LogP contribution in [0.1, 0.15) is 33.3 Å². The minimum absolute atomic E-state index is 0.138. The molecule has 0 spiro atoms. The number of benzene rings is 1. The number of carbonyl (C=O) groups is 2. The van der Waals surface area contributed by atoms with E-state index in [1.807, 2.05) is 18.2 Å². The molecule has 6 heteroatoms. The second-order valence-electron chi connectivity index (χ2n) is 7.08. The SMILES string of the molecule is [C-]#[N+]C(C)(Cc1cn(C(=O)OC(C)(C)C)c2ccccc12)C(=O)OC. The van der Waals surface area contributed by atoms with Crippen molar-refractivity contribution in [3.8, 4) is 0 Å². The average molecular weight is 342 g/mol. The smallest absolute Gasteiger partial charge is 0.419 e. The van der Waals surface area contributed by atoms with E-state index in [9.17, 15) is 9.59 Å². The third-order valence-electron chi connectivity index (χ3n) is 3.79. The van der Waals surface area contributed by atoms with Crippen LogP contribution in [0.4, 0.5) is 4.79 Å². The van der Waals surface area contributed by atoms with Crippen molar-refractivity contribution in [1.82, 2.24) is 4.57 Å². The monoisotopic (exact) mass is 342 g/mol. The molecule has 0 N–H and O–H groups in total. The number of methoxy groups -OCH3 is 1. The minimum atomic E-state index is -1.35. The standard InChI is InChI=1S/C19H22N2O4/c1-18(2,3)25-17(23)21-12-13(14-9-7-8-10-15(14)21)11-19(4,20-5)16(22)24-6/h7-10,12H,11H2,1-4,6H3. The van der Waals surface area contributed by atoms with E-state index in [1.165, 1.54) is 18.6 Å². The van der Waals surface area contributed by atoms with Gasteiger partial charge in [-0.2, -0.15) is 0 Å². The summed E-state index contributed by atoms with van der Waals surface area (Å²) in [6, 6.07) is 7.32. The van der Waals surface area contributed by atoms with E-state index in [1.54, 1.807) is 33.0 Å². The Bertz CT molecular complexity index is 854. The lowest BCUT2D eigenvalue weighted by atomic mass is 9.93. The van der Waals surface area contributed by atoms with Gasteiger partial charge in [-0.05, 0) is 32.4 Å². The number of aromatic nitrogens is 1. The summed E-state index contributed by atoms with van der Waals surface area (Å²) in [5, 5.41) is 0.798. The summed E-state index contributed by atoms with van der Waals surface area (Å²) in [5.41, 5.74) is -0.591. The van der Waals surface area contributed by atoms with Gasteiger partial charge in [0.15, 0.2) is 0 Å². The first-order valence-corrected chi connectivity index (χ1v) is 7.90. The van der Waals surface area contributed by atoms with Gasteiger partial charge >= 0.3 is 17.6 Å². The van der Waals surface area contributed by atoms with Crippen molar-refractivity contribution in [2.75, 3.05) is 7.11 Å². The van der Waals surface area contributed by atoms with Crippen LogP contribution in [-0.2, 0) is 20.7 Å². The molecular weight excluding hydrogens is 320 g/mol. The average Bonchev–Trinajstić information content (AvgIpc) is 2.91. The van der Waals surface area contributed by atoms with Crippen LogP contribution >= 0.6 is 0 Å². The van der Waals surface area contributed by atoms with Crippen LogP contribution in [0.15, 0.2) is 30.5 Å². The number of carbonyl (C=O) groups excluding carboxylic acids is 2. The second kappa shape index (κ2) is 6.60. The zero-order valence-corrected chi connectivity index (χ0v) is 15.1. The highest BCUT2D eigenvalue weighted by atomic mass is 16.6. The van der Waals surface area contributed by atoms with Crippen LogP contribution in [-0.4, -0.2) is 34.9 Å². The van der Waals surface area contributed by atoms with Gasteiger partial charge in [-0.25, -0.2) is 16.2 Å². The molecule has 132 valence electrons. The van der Waals surface area contributed by atoms with Crippen molar-refractivity contribution in [3.05, 3.63) is 47.4 Å². The van der Waals surface area contributed by atoms with E-state index >= 15 is 0 Å². The lowest BCUT2D eigenvalue weighted by Crippen LogP contribution is -2.35. The fraction of sp³-hybridized carbons (Fsp3) is 0.421. The van der Waals surface area contributed by atoms with Gasteiger partial charge < -0.3 is 9.47 Å². The van der Waals surface area contributed by atoms with Crippen molar-refractivity contribution in [2.24, 2.45) is 0 Å². The van der Waals surface area contributed by atoms with Crippen molar-refractivity contribution >= 4 is 23.0 Å². The Morgan fingerprint density at radius 3 is 2.40 bits per heavy atom. The highest BCUT2D eigenvalue weighted by Crippen LogP contribution is 2.28. The molecule has 0 saturated carbocycles. The molecule has 0 radical (unpaired) electrons. The summed E-state index contributed by atoms with van der Waals surface area (Å²) in [6.07, 6.45) is 1.27. The van der Waals surface area contributed by atoms with Crippen LogP contribution in [0.2, 0.25) is 0 Å². The Hall–Kier alpha value is -2.81. The molecule has 25 heavy (non-hydrogen) atoms. The van der Waals surface area contributed by atoms with Crippen LogP contribution in [0.5, 0.6) is 0 Å². The van der Waals surface area contributed by atoms with Gasteiger partial charge in [0.25, 0.3) is 0 Å². The van der Waals surface area contributed by atoms with Crippen molar-refractivity contribution in [1.29, 1.82) is 0 Å². The number of hydrogen-bond donors (Lipinski definition) is 0. The molecular formula is C19H22N2O4. The highest BCUT2D eigenvalue weighted by Gasteiger charge is 2.42. The van der Waals surface area contributed by atoms with Crippen LogP contribution in [0, 0.1) is 6.57 Å². The largest absolute Gasteiger partial charge is 0.463 e. The zero-order valence-electron chi connectivity index (χ0n) is 15.1. The Morgan fingerprint density at radius 2 is 1.84 bits per heavy atom. The molecule has 0 aliphatic rings. The van der Waals surface area contributed by atoms with E-state index in [0.717, 1.165) is 5.39 Å². The van der Waals surface area contributed by atoms with Crippen LogP contribution < -0.4 is 0 Å². The molecule has 1 aromatic carbocycles. The van der Waals surface area contributed by atoms with Gasteiger partial charge in [0.2, 0.25) is 0 Å². The maximum Gasteiger partial charge on any atom is 0.419 e. The third-order valence-corrected chi connectivity index (χ3v) is 3.79. The zero-order chi connectivity index (χ0) is 18.8. The van der Waals surface area contributed by atoms with E-state index in [2.05, 4.69) is 4.85 Å². The topological polar surface area (TPSA) is 61.9 Å². The van der Waals surface area contributed by atoms with Crippen molar-refractivity contribution in [3.63, 3.8) is 0 Å². The summed E-state index contributed by atoms with van der Waals surface area (Å²) in [5.74, 6) is -0.600. The van der Waals surface area contributed by atoms with E-state index < -0.39 is 23.2 Å².